The van der Waals surface area contributed by atoms with Crippen molar-refractivity contribution in [2.45, 2.75) is 107 Å². The van der Waals surface area contributed by atoms with Crippen molar-refractivity contribution >= 4 is 96.2 Å². The third kappa shape index (κ3) is 23.1. The number of aliphatic hydroxyl groups is 2. The molecule has 0 heterocycles. The van der Waals surface area contributed by atoms with Gasteiger partial charge >= 0.3 is 5.97 Å². The van der Waals surface area contributed by atoms with Gasteiger partial charge in [0.1, 0.15) is 48.3 Å². The van der Waals surface area contributed by atoms with E-state index in [1.807, 2.05) is 0 Å². The van der Waals surface area contributed by atoms with Gasteiger partial charge < -0.3 is 80.8 Å². The van der Waals surface area contributed by atoms with Crippen molar-refractivity contribution in [2.75, 3.05) is 49.8 Å². The van der Waals surface area contributed by atoms with E-state index in [4.69, 9.17) is 22.9 Å². The van der Waals surface area contributed by atoms with Gasteiger partial charge in [0.05, 0.1) is 19.3 Å². The summed E-state index contributed by atoms with van der Waals surface area (Å²) in [6, 6.07) is -12.1. The predicted molar refractivity (Wildman–Crippen MR) is 240 cm³/mol. The van der Waals surface area contributed by atoms with Crippen LogP contribution in [0.1, 0.15) is 52.4 Å². The highest BCUT2D eigenvalue weighted by molar-refractivity contribution is 7.98. The van der Waals surface area contributed by atoms with Crippen molar-refractivity contribution in [1.82, 2.24) is 42.5 Å². The fraction of sp³-hybridized carbons (Fsp3) is 0.714. The fourth-order valence-electron chi connectivity index (χ4n) is 5.14. The van der Waals surface area contributed by atoms with Crippen LogP contribution in [0.4, 0.5) is 0 Å². The lowest BCUT2D eigenvalue weighted by Crippen LogP contribution is -2.61. The summed E-state index contributed by atoms with van der Waals surface area (Å²) in [5.74, 6) is -8.58. The Kier molecular flexibility index (Phi) is 29.8. The van der Waals surface area contributed by atoms with Gasteiger partial charge in [0, 0.05) is 18.1 Å². The molecule has 0 unspecified atom stereocenters. The van der Waals surface area contributed by atoms with Crippen LogP contribution in [0.2, 0.25) is 0 Å². The van der Waals surface area contributed by atoms with Crippen LogP contribution in [0.3, 0.4) is 0 Å². The molecular weight excluding hydrogens is 891 g/mol. The third-order valence-electron chi connectivity index (χ3n) is 8.87. The molecule has 0 aromatic carbocycles. The van der Waals surface area contributed by atoms with E-state index in [9.17, 15) is 58.5 Å². The van der Waals surface area contributed by atoms with Crippen molar-refractivity contribution in [1.29, 1.82) is 0 Å². The number of amides is 8. The molecule has 0 spiro atoms. The number of carbonyl (C=O) groups is 9. The maximum atomic E-state index is 13.9. The van der Waals surface area contributed by atoms with E-state index in [0.717, 1.165) is 0 Å². The number of unbranched alkanes of at least 4 members (excludes halogenated alkanes) is 1. The topological polar surface area (TPSA) is 427 Å². The Morgan fingerprint density at radius 1 is 0.571 bits per heavy atom. The molecule has 28 heteroatoms. The number of guanidine groups is 1. The number of rotatable bonds is 32. The maximum absolute atomic E-state index is 13.9. The standard InChI is InChI=1S/C35H65N13O12S3/c1-17(41-28(53)19(37)15-61)26(51)46-24(14-50)33(58)44-20(7-4-5-10-36)29(54)45-22(9-12-63-3)31(56)43-21(8-6-11-40-35(38)39)30(55)47-23(13-49)32(57)42-18(2)27(52)48-25(16-62)34(59)60/h17-25,49-50,61-62H,4-16,36-37H2,1-3H3,(H,41,53)(H,42,57)(H,43,56)(H,44,58)(H,45,54)(H,46,51)(H,47,55)(H,48,52)(H,59,60)(H4,38,39,40)/t17-,18-,19-,20-,21-,22-,23-,24-,25-/m0/s1. The number of nitrogens with one attached hydrogen (secondary N) is 8. The maximum Gasteiger partial charge on any atom is 0.327 e. The van der Waals surface area contributed by atoms with E-state index >= 15 is 0 Å². The number of aliphatic carboxylic acids is 1. The highest BCUT2D eigenvalue weighted by Gasteiger charge is 2.33. The Morgan fingerprint density at radius 3 is 1.38 bits per heavy atom. The summed E-state index contributed by atoms with van der Waals surface area (Å²) in [6.45, 7) is 0.978. The molecule has 0 aromatic rings. The van der Waals surface area contributed by atoms with Crippen LogP contribution in [-0.4, -0.2) is 179 Å². The molecule has 8 amide bonds. The number of thioether (sulfide) groups is 1. The number of aliphatic hydroxyl groups excluding tert-OH is 2. The van der Waals surface area contributed by atoms with Gasteiger partial charge in [-0.25, -0.2) is 4.79 Å². The van der Waals surface area contributed by atoms with E-state index in [-0.39, 0.29) is 56.2 Å². The Bertz CT molecular complexity index is 1560. The summed E-state index contributed by atoms with van der Waals surface area (Å²) in [5, 5.41) is 48.2. The van der Waals surface area contributed by atoms with Gasteiger partial charge in [-0.1, -0.05) is 0 Å². The summed E-state index contributed by atoms with van der Waals surface area (Å²) in [7, 11) is 0. The molecule has 9 atom stereocenters. The highest BCUT2D eigenvalue weighted by atomic mass is 32.2. The van der Waals surface area contributed by atoms with Crippen LogP contribution in [0, 0.1) is 0 Å². The summed E-state index contributed by atoms with van der Waals surface area (Å²) in [6.07, 6.45) is 2.56. The Balaban J connectivity index is 6.28. The molecule has 0 saturated heterocycles. The molecule has 0 radical (unpaired) electrons. The van der Waals surface area contributed by atoms with Crippen molar-refractivity contribution in [3.05, 3.63) is 0 Å². The predicted octanol–water partition coefficient (Wildman–Crippen LogP) is -6.90. The molecule has 0 saturated carbocycles. The van der Waals surface area contributed by atoms with Gasteiger partial charge in [0.15, 0.2) is 5.96 Å². The monoisotopic (exact) mass is 955 g/mol. The molecule has 0 aliphatic heterocycles. The first kappa shape index (κ1) is 58.4. The zero-order valence-corrected chi connectivity index (χ0v) is 38.1. The van der Waals surface area contributed by atoms with Crippen LogP contribution in [0.5, 0.6) is 0 Å². The Hall–Kier alpha value is -4.61. The minimum Gasteiger partial charge on any atom is -0.480 e. The molecule has 0 bridgehead atoms. The number of aliphatic imine (C=N–C) groups is 1. The first-order chi connectivity index (χ1) is 29.7. The highest BCUT2D eigenvalue weighted by Crippen LogP contribution is 2.08. The second-order valence-corrected chi connectivity index (χ2v) is 15.7. The van der Waals surface area contributed by atoms with Crippen molar-refractivity contribution in [2.24, 2.45) is 27.9 Å². The molecule has 0 aromatic heterocycles. The SMILES string of the molecule is CSCC[C@H](NC(=O)[C@H](CCCCN)NC(=O)[C@H](CO)NC(=O)[C@H](C)NC(=O)[C@@H](N)CS)C(=O)N[C@@H](CCCN=C(N)N)C(=O)N[C@@H](CO)C(=O)N[C@@H](C)C(=O)N[C@@H](CS)C(=O)O. The summed E-state index contributed by atoms with van der Waals surface area (Å²) in [4.78, 5) is 120. The number of hydrogen-bond donors (Lipinski definition) is 17. The molecule has 0 aliphatic carbocycles. The van der Waals surface area contributed by atoms with Gasteiger partial charge in [0.25, 0.3) is 0 Å². The zero-order valence-electron chi connectivity index (χ0n) is 35.5. The molecular formula is C35H65N13O12S3. The van der Waals surface area contributed by atoms with Crippen LogP contribution in [0.15, 0.2) is 4.99 Å². The van der Waals surface area contributed by atoms with Crippen molar-refractivity contribution in [3.8, 4) is 0 Å². The van der Waals surface area contributed by atoms with Crippen molar-refractivity contribution < 1.29 is 58.5 Å². The van der Waals surface area contributed by atoms with Crippen LogP contribution < -0.4 is 65.5 Å². The lowest BCUT2D eigenvalue weighted by atomic mass is 10.1. The lowest BCUT2D eigenvalue weighted by molar-refractivity contribution is -0.141. The van der Waals surface area contributed by atoms with Gasteiger partial charge in [-0.15, -0.1) is 0 Å². The smallest absolute Gasteiger partial charge is 0.327 e. The van der Waals surface area contributed by atoms with E-state index in [1.54, 1.807) is 6.26 Å². The second kappa shape index (κ2) is 32.1. The molecule has 25 nitrogen and oxygen atoms in total. The molecule has 19 N–H and O–H groups in total. The summed E-state index contributed by atoms with van der Waals surface area (Å²) < 4.78 is 0. The van der Waals surface area contributed by atoms with Gasteiger partial charge in [0.2, 0.25) is 47.3 Å². The molecule has 360 valence electrons. The van der Waals surface area contributed by atoms with Crippen molar-refractivity contribution in [3.63, 3.8) is 0 Å². The van der Waals surface area contributed by atoms with Gasteiger partial charge in [-0.2, -0.15) is 37.0 Å². The molecule has 0 fully saturated rings. The number of thiol groups is 2. The molecule has 0 rings (SSSR count). The normalized spacial score (nSPS) is 15.2. The Labute approximate surface area is 380 Å². The van der Waals surface area contributed by atoms with Crippen LogP contribution >= 0.6 is 37.0 Å². The lowest BCUT2D eigenvalue weighted by Gasteiger charge is -2.27. The number of carbonyl (C=O) groups excluding carboxylic acids is 8. The average molecular weight is 956 g/mol. The van der Waals surface area contributed by atoms with Gasteiger partial charge in [-0.05, 0) is 70.9 Å². The van der Waals surface area contributed by atoms with E-state index in [0.29, 0.717) is 18.6 Å². The first-order valence-electron chi connectivity index (χ1n) is 19.8. The summed E-state index contributed by atoms with van der Waals surface area (Å²) >= 11 is 9.14. The average Bonchev–Trinajstić information content (AvgIpc) is 3.24. The summed E-state index contributed by atoms with van der Waals surface area (Å²) in [5.41, 5.74) is 22.1. The quantitative estimate of drug-likeness (QED) is 0.0129. The number of hydrogen-bond acceptors (Lipinski definition) is 17. The van der Waals surface area contributed by atoms with Crippen LogP contribution in [-0.2, 0) is 43.2 Å². The fourth-order valence-corrected chi connectivity index (χ4v) is 6.03. The largest absolute Gasteiger partial charge is 0.480 e. The zero-order chi connectivity index (χ0) is 48.2. The minimum atomic E-state index is -1.65. The third-order valence-corrected chi connectivity index (χ3v) is 10.3. The molecule has 63 heavy (non-hydrogen) atoms. The molecule has 0 aliphatic rings. The Morgan fingerprint density at radius 2 is 0.968 bits per heavy atom. The number of nitrogens with two attached hydrogens (primary N) is 4. The van der Waals surface area contributed by atoms with E-state index in [2.05, 4.69) is 72.8 Å². The minimum absolute atomic E-state index is 0.00138. The number of carboxylic acid groups (broad SMARTS) is 1. The van der Waals surface area contributed by atoms with E-state index < -0.39 is 121 Å². The first-order valence-corrected chi connectivity index (χ1v) is 22.5. The second-order valence-electron chi connectivity index (χ2n) is 14.0. The van der Waals surface area contributed by atoms with Crippen LogP contribution in [0.25, 0.3) is 0 Å². The number of nitrogens with zero attached hydrogens (tertiary/aromatic N) is 1. The van der Waals surface area contributed by atoms with Gasteiger partial charge in [-0.3, -0.25) is 43.3 Å². The number of carboxylic acids is 1. The van der Waals surface area contributed by atoms with E-state index in [1.165, 1.54) is 25.6 Å².